The standard InChI is InChI=1S/C16H12BrCl2NO/c1-10-8-12(3-5-14(10)17)20-7-6-16(21)13-4-2-11(18)9-15(13)19/h2-9,20H,1H3. The number of hydrogen-bond acceptors (Lipinski definition) is 2. The summed E-state index contributed by atoms with van der Waals surface area (Å²) in [6, 6.07) is 10.6. The van der Waals surface area contributed by atoms with E-state index in [1.54, 1.807) is 24.4 Å². The van der Waals surface area contributed by atoms with Crippen molar-refractivity contribution in [2.24, 2.45) is 0 Å². The molecule has 0 aromatic heterocycles. The molecule has 0 spiro atoms. The van der Waals surface area contributed by atoms with Crippen molar-refractivity contribution >= 4 is 50.6 Å². The van der Waals surface area contributed by atoms with Crippen LogP contribution in [0.5, 0.6) is 0 Å². The van der Waals surface area contributed by atoms with Gasteiger partial charge in [-0.25, -0.2) is 0 Å². The van der Waals surface area contributed by atoms with Gasteiger partial charge in [0, 0.05) is 33.0 Å². The fourth-order valence-corrected chi connectivity index (χ4v) is 2.48. The Bertz CT molecular complexity index is 713. The van der Waals surface area contributed by atoms with Gasteiger partial charge >= 0.3 is 0 Å². The summed E-state index contributed by atoms with van der Waals surface area (Å²) < 4.78 is 1.04. The minimum atomic E-state index is -0.182. The van der Waals surface area contributed by atoms with Crippen LogP contribution in [0.1, 0.15) is 15.9 Å². The van der Waals surface area contributed by atoms with E-state index in [1.807, 2.05) is 25.1 Å². The van der Waals surface area contributed by atoms with Crippen LogP contribution < -0.4 is 5.32 Å². The molecule has 2 nitrogen and oxygen atoms in total. The summed E-state index contributed by atoms with van der Waals surface area (Å²) in [6.07, 6.45) is 3.03. The molecule has 0 unspecified atom stereocenters. The van der Waals surface area contributed by atoms with Crippen molar-refractivity contribution in [3.05, 3.63) is 74.3 Å². The molecule has 21 heavy (non-hydrogen) atoms. The molecule has 0 atom stereocenters. The Morgan fingerprint density at radius 1 is 1.19 bits per heavy atom. The van der Waals surface area contributed by atoms with Gasteiger partial charge in [0.2, 0.25) is 0 Å². The summed E-state index contributed by atoms with van der Waals surface area (Å²) in [6.45, 7) is 2.00. The van der Waals surface area contributed by atoms with Crippen LogP contribution in [0.4, 0.5) is 5.69 Å². The highest BCUT2D eigenvalue weighted by molar-refractivity contribution is 9.10. The Morgan fingerprint density at radius 3 is 2.62 bits per heavy atom. The van der Waals surface area contributed by atoms with Gasteiger partial charge in [-0.1, -0.05) is 39.1 Å². The van der Waals surface area contributed by atoms with Crippen LogP contribution in [0.2, 0.25) is 10.0 Å². The fourth-order valence-electron chi connectivity index (χ4n) is 1.73. The molecule has 1 N–H and O–H groups in total. The van der Waals surface area contributed by atoms with Gasteiger partial charge in [-0.3, -0.25) is 4.79 Å². The van der Waals surface area contributed by atoms with E-state index >= 15 is 0 Å². The number of carbonyl (C=O) groups excluding carboxylic acids is 1. The maximum atomic E-state index is 12.0. The number of ketones is 1. The first-order valence-corrected chi connectivity index (χ1v) is 7.71. The number of anilines is 1. The number of hydrogen-bond donors (Lipinski definition) is 1. The van der Waals surface area contributed by atoms with E-state index in [0.717, 1.165) is 15.7 Å². The lowest BCUT2D eigenvalue weighted by atomic mass is 10.1. The van der Waals surface area contributed by atoms with E-state index in [4.69, 9.17) is 23.2 Å². The molecule has 108 valence electrons. The van der Waals surface area contributed by atoms with Crippen molar-refractivity contribution in [2.45, 2.75) is 6.92 Å². The molecule has 2 aromatic rings. The van der Waals surface area contributed by atoms with Crippen molar-refractivity contribution in [1.82, 2.24) is 0 Å². The van der Waals surface area contributed by atoms with Gasteiger partial charge < -0.3 is 5.32 Å². The first-order valence-electron chi connectivity index (χ1n) is 6.16. The number of nitrogens with one attached hydrogen (secondary N) is 1. The van der Waals surface area contributed by atoms with Gasteiger partial charge in [-0.05, 0) is 48.9 Å². The summed E-state index contributed by atoms with van der Waals surface area (Å²) in [5.74, 6) is -0.182. The molecule has 0 amide bonds. The van der Waals surface area contributed by atoms with E-state index in [0.29, 0.717) is 15.6 Å². The van der Waals surface area contributed by atoms with E-state index in [1.165, 1.54) is 6.08 Å². The monoisotopic (exact) mass is 383 g/mol. The third-order valence-corrected chi connectivity index (χ3v) is 4.28. The van der Waals surface area contributed by atoms with Gasteiger partial charge in [0.1, 0.15) is 0 Å². The maximum absolute atomic E-state index is 12.0. The summed E-state index contributed by atoms with van der Waals surface area (Å²) in [5, 5.41) is 3.90. The minimum Gasteiger partial charge on any atom is -0.362 e. The van der Waals surface area contributed by atoms with Crippen LogP contribution in [0.25, 0.3) is 0 Å². The highest BCUT2D eigenvalue weighted by Crippen LogP contribution is 2.22. The summed E-state index contributed by atoms with van der Waals surface area (Å²) in [7, 11) is 0. The molecule has 0 saturated heterocycles. The first kappa shape index (κ1) is 16.1. The average molecular weight is 385 g/mol. The zero-order valence-electron chi connectivity index (χ0n) is 11.2. The first-order chi connectivity index (χ1) is 9.97. The quantitative estimate of drug-likeness (QED) is 0.527. The second-order valence-corrected chi connectivity index (χ2v) is 6.13. The number of benzene rings is 2. The molecule has 0 fully saturated rings. The van der Waals surface area contributed by atoms with Gasteiger partial charge in [0.05, 0.1) is 5.02 Å². The number of rotatable bonds is 4. The van der Waals surface area contributed by atoms with Crippen LogP contribution in [0, 0.1) is 6.92 Å². The van der Waals surface area contributed by atoms with Gasteiger partial charge in [-0.2, -0.15) is 0 Å². The van der Waals surface area contributed by atoms with E-state index in [-0.39, 0.29) is 5.78 Å². The number of carbonyl (C=O) groups is 1. The summed E-state index contributed by atoms with van der Waals surface area (Å²) >= 11 is 15.2. The third kappa shape index (κ3) is 4.34. The molecular weight excluding hydrogens is 373 g/mol. The maximum Gasteiger partial charge on any atom is 0.188 e. The molecule has 5 heteroatoms. The Labute approximate surface area is 141 Å². The zero-order chi connectivity index (χ0) is 15.4. The second-order valence-electron chi connectivity index (χ2n) is 4.43. The number of allylic oxidation sites excluding steroid dienone is 1. The predicted molar refractivity (Wildman–Crippen MR) is 92.4 cm³/mol. The third-order valence-electron chi connectivity index (χ3n) is 2.84. The van der Waals surface area contributed by atoms with E-state index < -0.39 is 0 Å². The van der Waals surface area contributed by atoms with E-state index in [2.05, 4.69) is 21.2 Å². The van der Waals surface area contributed by atoms with Crippen LogP contribution in [-0.2, 0) is 0 Å². The Balaban J connectivity index is 2.06. The summed E-state index contributed by atoms with van der Waals surface area (Å²) in [4.78, 5) is 12.0. The lowest BCUT2D eigenvalue weighted by Crippen LogP contribution is -1.97. The topological polar surface area (TPSA) is 29.1 Å². The summed E-state index contributed by atoms with van der Waals surface area (Å²) in [5.41, 5.74) is 2.44. The second kappa shape index (κ2) is 7.12. The smallest absolute Gasteiger partial charge is 0.188 e. The van der Waals surface area contributed by atoms with Gasteiger partial charge in [-0.15, -0.1) is 0 Å². The molecule has 0 aliphatic rings. The van der Waals surface area contributed by atoms with Crippen molar-refractivity contribution in [3.8, 4) is 0 Å². The van der Waals surface area contributed by atoms with Crippen LogP contribution >= 0.6 is 39.1 Å². The largest absolute Gasteiger partial charge is 0.362 e. The molecule has 0 radical (unpaired) electrons. The van der Waals surface area contributed by atoms with Crippen molar-refractivity contribution in [1.29, 1.82) is 0 Å². The van der Waals surface area contributed by atoms with E-state index in [9.17, 15) is 4.79 Å². The van der Waals surface area contributed by atoms with Crippen LogP contribution in [0.15, 0.2) is 53.1 Å². The normalized spacial score (nSPS) is 10.9. The lowest BCUT2D eigenvalue weighted by Gasteiger charge is -2.04. The average Bonchev–Trinajstić information content (AvgIpc) is 2.42. The predicted octanol–water partition coefficient (Wildman–Crippen LogP) is 5.87. The Morgan fingerprint density at radius 2 is 1.95 bits per heavy atom. The minimum absolute atomic E-state index is 0.182. The number of aryl methyl sites for hydroxylation is 1. The van der Waals surface area contributed by atoms with Crippen LogP contribution in [-0.4, -0.2) is 5.78 Å². The van der Waals surface area contributed by atoms with Crippen LogP contribution in [0.3, 0.4) is 0 Å². The van der Waals surface area contributed by atoms with Crippen molar-refractivity contribution in [3.63, 3.8) is 0 Å². The molecule has 2 aromatic carbocycles. The zero-order valence-corrected chi connectivity index (χ0v) is 14.3. The number of halogens is 3. The van der Waals surface area contributed by atoms with Crippen molar-refractivity contribution < 1.29 is 4.79 Å². The lowest BCUT2D eigenvalue weighted by molar-refractivity contribution is 0.104. The molecule has 2 rings (SSSR count). The molecule has 0 aliphatic carbocycles. The molecule has 0 saturated carbocycles. The molecule has 0 heterocycles. The Kier molecular flexibility index (Phi) is 5.45. The SMILES string of the molecule is Cc1cc(NC=CC(=O)c2ccc(Cl)cc2Cl)ccc1Br. The Hall–Kier alpha value is -1.29. The van der Waals surface area contributed by atoms with Crippen molar-refractivity contribution in [2.75, 3.05) is 5.32 Å². The molecule has 0 bridgehead atoms. The fraction of sp³-hybridized carbons (Fsp3) is 0.0625. The van der Waals surface area contributed by atoms with Gasteiger partial charge in [0.15, 0.2) is 5.78 Å². The molecular formula is C16H12BrCl2NO. The highest BCUT2D eigenvalue weighted by Gasteiger charge is 2.07. The highest BCUT2D eigenvalue weighted by atomic mass is 79.9. The van der Waals surface area contributed by atoms with Gasteiger partial charge in [0.25, 0.3) is 0 Å². The molecule has 0 aliphatic heterocycles.